The van der Waals surface area contributed by atoms with Crippen molar-refractivity contribution in [3.63, 3.8) is 0 Å². The zero-order chi connectivity index (χ0) is 13.7. The van der Waals surface area contributed by atoms with Gasteiger partial charge in [0.05, 0.1) is 0 Å². The molecule has 0 aromatic carbocycles. The Morgan fingerprint density at radius 2 is 2.17 bits per heavy atom. The molecule has 1 atom stereocenters. The SMILES string of the molecule is CC(C)C(NC(=O)CCN1CCSC1=O)C(=O)O. The predicted octanol–water partition coefficient (Wildman–Crippen LogP) is 0.771. The highest BCUT2D eigenvalue weighted by atomic mass is 32.2. The highest BCUT2D eigenvalue weighted by molar-refractivity contribution is 8.13. The number of carboxylic acids is 1. The van der Waals surface area contributed by atoms with E-state index in [4.69, 9.17) is 5.11 Å². The summed E-state index contributed by atoms with van der Waals surface area (Å²) in [6.07, 6.45) is 0.142. The third kappa shape index (κ3) is 4.21. The maximum Gasteiger partial charge on any atom is 0.326 e. The average molecular weight is 274 g/mol. The molecule has 0 saturated carbocycles. The van der Waals surface area contributed by atoms with E-state index in [-0.39, 0.29) is 23.5 Å². The largest absolute Gasteiger partial charge is 0.480 e. The lowest BCUT2D eigenvalue weighted by molar-refractivity contribution is -0.143. The molecule has 1 aliphatic heterocycles. The molecule has 1 fully saturated rings. The zero-order valence-corrected chi connectivity index (χ0v) is 11.3. The number of aliphatic carboxylic acids is 1. The van der Waals surface area contributed by atoms with Crippen LogP contribution in [-0.4, -0.2) is 52.0 Å². The average Bonchev–Trinajstić information content (AvgIpc) is 2.68. The lowest BCUT2D eigenvalue weighted by atomic mass is 10.0. The van der Waals surface area contributed by atoms with Gasteiger partial charge in [-0.15, -0.1) is 0 Å². The van der Waals surface area contributed by atoms with Crippen molar-refractivity contribution in [3.05, 3.63) is 0 Å². The molecular weight excluding hydrogens is 256 g/mol. The van der Waals surface area contributed by atoms with Gasteiger partial charge in [0.25, 0.3) is 5.24 Å². The number of amides is 2. The summed E-state index contributed by atoms with van der Waals surface area (Å²) in [5.74, 6) is -0.785. The van der Waals surface area contributed by atoms with E-state index in [1.54, 1.807) is 18.7 Å². The summed E-state index contributed by atoms with van der Waals surface area (Å²) in [6.45, 7) is 4.48. The molecule has 7 heteroatoms. The molecule has 0 spiro atoms. The lowest BCUT2D eigenvalue weighted by Gasteiger charge is -2.19. The van der Waals surface area contributed by atoms with Crippen molar-refractivity contribution in [1.82, 2.24) is 10.2 Å². The summed E-state index contributed by atoms with van der Waals surface area (Å²) in [5, 5.41) is 11.4. The minimum atomic E-state index is -1.04. The maximum absolute atomic E-state index is 11.6. The van der Waals surface area contributed by atoms with E-state index in [2.05, 4.69) is 5.32 Å². The number of carbonyl (C=O) groups excluding carboxylic acids is 2. The number of carbonyl (C=O) groups is 3. The van der Waals surface area contributed by atoms with Crippen LogP contribution in [0.5, 0.6) is 0 Å². The summed E-state index contributed by atoms with van der Waals surface area (Å²) in [4.78, 5) is 35.4. The van der Waals surface area contributed by atoms with Gasteiger partial charge in [0, 0.05) is 25.3 Å². The van der Waals surface area contributed by atoms with Crippen molar-refractivity contribution in [2.24, 2.45) is 5.92 Å². The number of hydrogen-bond acceptors (Lipinski definition) is 4. The van der Waals surface area contributed by atoms with Gasteiger partial charge in [-0.25, -0.2) is 4.79 Å². The monoisotopic (exact) mass is 274 g/mol. The molecule has 0 aliphatic carbocycles. The Bertz CT molecular complexity index is 346. The van der Waals surface area contributed by atoms with Crippen LogP contribution in [0.4, 0.5) is 4.79 Å². The normalized spacial score (nSPS) is 17.1. The van der Waals surface area contributed by atoms with Crippen molar-refractivity contribution in [3.8, 4) is 0 Å². The minimum Gasteiger partial charge on any atom is -0.480 e. The molecule has 1 unspecified atom stereocenters. The number of nitrogens with zero attached hydrogens (tertiary/aromatic N) is 1. The fourth-order valence-electron chi connectivity index (χ4n) is 1.62. The van der Waals surface area contributed by atoms with Gasteiger partial charge in [-0.3, -0.25) is 9.59 Å². The number of hydrogen-bond donors (Lipinski definition) is 2. The molecule has 0 radical (unpaired) electrons. The summed E-state index contributed by atoms with van der Waals surface area (Å²) >= 11 is 1.24. The van der Waals surface area contributed by atoms with E-state index in [0.717, 1.165) is 5.75 Å². The Labute approximate surface area is 110 Å². The highest BCUT2D eigenvalue weighted by Gasteiger charge is 2.25. The first kappa shape index (κ1) is 14.8. The van der Waals surface area contributed by atoms with Crippen LogP contribution in [0.25, 0.3) is 0 Å². The Morgan fingerprint density at radius 3 is 2.61 bits per heavy atom. The van der Waals surface area contributed by atoms with Crippen LogP contribution in [0.3, 0.4) is 0 Å². The van der Waals surface area contributed by atoms with Gasteiger partial charge in [-0.05, 0) is 5.92 Å². The lowest BCUT2D eigenvalue weighted by Crippen LogP contribution is -2.45. The van der Waals surface area contributed by atoms with E-state index in [1.165, 1.54) is 11.8 Å². The first-order valence-corrected chi connectivity index (χ1v) is 6.84. The van der Waals surface area contributed by atoms with Crippen molar-refractivity contribution < 1.29 is 19.5 Å². The number of rotatable bonds is 6. The van der Waals surface area contributed by atoms with Gasteiger partial charge in [0.1, 0.15) is 6.04 Å². The van der Waals surface area contributed by atoms with Gasteiger partial charge in [-0.1, -0.05) is 25.6 Å². The van der Waals surface area contributed by atoms with Gasteiger partial charge in [0.2, 0.25) is 5.91 Å². The van der Waals surface area contributed by atoms with Crippen LogP contribution >= 0.6 is 11.8 Å². The Hall–Kier alpha value is -1.24. The van der Waals surface area contributed by atoms with Crippen LogP contribution < -0.4 is 5.32 Å². The highest BCUT2D eigenvalue weighted by Crippen LogP contribution is 2.17. The van der Waals surface area contributed by atoms with Gasteiger partial charge >= 0.3 is 5.97 Å². The molecule has 2 amide bonds. The van der Waals surface area contributed by atoms with E-state index >= 15 is 0 Å². The predicted molar refractivity (Wildman–Crippen MR) is 68.4 cm³/mol. The van der Waals surface area contributed by atoms with Crippen LogP contribution in [-0.2, 0) is 9.59 Å². The second kappa shape index (κ2) is 6.63. The molecule has 1 rings (SSSR count). The fourth-order valence-corrected chi connectivity index (χ4v) is 2.48. The Kier molecular flexibility index (Phi) is 5.46. The Morgan fingerprint density at radius 1 is 1.50 bits per heavy atom. The molecule has 6 nitrogen and oxygen atoms in total. The van der Waals surface area contributed by atoms with Gasteiger partial charge in [0.15, 0.2) is 0 Å². The number of carboxylic acid groups (broad SMARTS) is 1. The van der Waals surface area contributed by atoms with Crippen molar-refractivity contribution in [2.75, 3.05) is 18.8 Å². The van der Waals surface area contributed by atoms with Crippen molar-refractivity contribution in [1.29, 1.82) is 0 Å². The van der Waals surface area contributed by atoms with E-state index in [1.807, 2.05) is 0 Å². The molecule has 1 aliphatic rings. The van der Waals surface area contributed by atoms with Crippen LogP contribution in [0.2, 0.25) is 0 Å². The fraction of sp³-hybridized carbons (Fsp3) is 0.727. The Balaban J connectivity index is 2.36. The molecule has 0 aromatic rings. The number of thioether (sulfide) groups is 1. The molecule has 0 aromatic heterocycles. The van der Waals surface area contributed by atoms with Crippen LogP contribution in [0, 0.1) is 5.92 Å². The molecule has 1 heterocycles. The third-order valence-corrected chi connectivity index (χ3v) is 3.59. The second-order valence-corrected chi connectivity index (χ2v) is 5.53. The first-order chi connectivity index (χ1) is 8.41. The van der Waals surface area contributed by atoms with Crippen molar-refractivity contribution >= 4 is 28.9 Å². The summed E-state index contributed by atoms with van der Waals surface area (Å²) in [5.41, 5.74) is 0. The molecule has 102 valence electrons. The van der Waals surface area contributed by atoms with Crippen molar-refractivity contribution in [2.45, 2.75) is 26.3 Å². The third-order valence-electron chi connectivity index (χ3n) is 2.70. The topological polar surface area (TPSA) is 86.7 Å². The van der Waals surface area contributed by atoms with E-state index in [0.29, 0.717) is 13.1 Å². The second-order valence-electron chi connectivity index (χ2n) is 4.48. The first-order valence-electron chi connectivity index (χ1n) is 5.85. The van der Waals surface area contributed by atoms with Crippen LogP contribution in [0.15, 0.2) is 0 Å². The number of nitrogens with one attached hydrogen (secondary N) is 1. The summed E-state index contributed by atoms with van der Waals surface area (Å²) in [6, 6.07) is -0.874. The van der Waals surface area contributed by atoms with Gasteiger partial charge < -0.3 is 15.3 Å². The molecule has 1 saturated heterocycles. The maximum atomic E-state index is 11.6. The minimum absolute atomic E-state index is 0.0126. The van der Waals surface area contributed by atoms with Crippen LogP contribution in [0.1, 0.15) is 20.3 Å². The standard InChI is InChI=1S/C11H18N2O4S/c1-7(2)9(10(15)16)12-8(14)3-4-13-5-6-18-11(13)17/h7,9H,3-6H2,1-2H3,(H,12,14)(H,15,16). The van der Waals surface area contributed by atoms with E-state index < -0.39 is 12.0 Å². The molecule has 2 N–H and O–H groups in total. The summed E-state index contributed by atoms with van der Waals surface area (Å²) < 4.78 is 0. The van der Waals surface area contributed by atoms with Gasteiger partial charge in [-0.2, -0.15) is 0 Å². The quantitative estimate of drug-likeness (QED) is 0.747. The molecule has 0 bridgehead atoms. The smallest absolute Gasteiger partial charge is 0.326 e. The van der Waals surface area contributed by atoms with E-state index in [9.17, 15) is 14.4 Å². The molecular formula is C11H18N2O4S. The summed E-state index contributed by atoms with van der Waals surface area (Å²) in [7, 11) is 0. The molecule has 18 heavy (non-hydrogen) atoms. The zero-order valence-electron chi connectivity index (χ0n) is 10.5.